The van der Waals surface area contributed by atoms with E-state index >= 15 is 0 Å². The molecule has 1 heterocycles. The molecule has 0 saturated heterocycles. The lowest BCUT2D eigenvalue weighted by Crippen LogP contribution is -2.22. The number of Topliss-reactive ketones (excluding diaryl/α,β-unsaturated/α-hetero) is 1. The summed E-state index contributed by atoms with van der Waals surface area (Å²) in [6.07, 6.45) is 0. The van der Waals surface area contributed by atoms with Crippen molar-refractivity contribution in [3.05, 3.63) is 60.2 Å². The zero-order valence-electron chi connectivity index (χ0n) is 11.0. The second kappa shape index (κ2) is 5.13. The fourth-order valence-corrected chi connectivity index (χ4v) is 2.18. The number of anilines is 1. The highest BCUT2D eigenvalue weighted by atomic mass is 16.3. The number of aromatic hydroxyl groups is 1. The minimum Gasteiger partial charge on any atom is -0.494 e. The van der Waals surface area contributed by atoms with Gasteiger partial charge < -0.3 is 15.4 Å². The first-order valence-electron chi connectivity index (χ1n) is 6.37. The molecular weight excluding hydrogens is 268 g/mol. The highest BCUT2D eigenvalue weighted by molar-refractivity contribution is 6.49. The smallest absolute Gasteiger partial charge is 0.297 e. The van der Waals surface area contributed by atoms with E-state index in [1.807, 2.05) is 6.07 Å². The van der Waals surface area contributed by atoms with Crippen LogP contribution in [0.5, 0.6) is 5.88 Å². The summed E-state index contributed by atoms with van der Waals surface area (Å²) in [7, 11) is 0. The first-order chi connectivity index (χ1) is 10.2. The molecule has 3 rings (SSSR count). The number of amides is 1. The van der Waals surface area contributed by atoms with Gasteiger partial charge in [-0.05, 0) is 18.2 Å². The van der Waals surface area contributed by atoms with Crippen molar-refractivity contribution in [2.24, 2.45) is 0 Å². The van der Waals surface area contributed by atoms with Crippen molar-refractivity contribution in [3.8, 4) is 5.88 Å². The van der Waals surface area contributed by atoms with Crippen LogP contribution in [0.2, 0.25) is 0 Å². The Morgan fingerprint density at radius 2 is 1.62 bits per heavy atom. The van der Waals surface area contributed by atoms with E-state index in [9.17, 15) is 14.7 Å². The molecule has 1 amide bonds. The molecular formula is C16H12N2O3. The summed E-state index contributed by atoms with van der Waals surface area (Å²) in [6.45, 7) is 0. The van der Waals surface area contributed by atoms with E-state index in [4.69, 9.17) is 0 Å². The Balaban J connectivity index is 1.93. The van der Waals surface area contributed by atoms with Crippen LogP contribution in [0.25, 0.3) is 10.9 Å². The Kier molecular flexibility index (Phi) is 3.16. The summed E-state index contributed by atoms with van der Waals surface area (Å²) < 4.78 is 0. The molecule has 0 atom stereocenters. The SMILES string of the molecule is O=C(Nc1ccccc1)C(=O)c1c(O)[nH]c2ccccc12. The molecule has 5 heteroatoms. The molecule has 5 nitrogen and oxygen atoms in total. The highest BCUT2D eigenvalue weighted by Crippen LogP contribution is 2.27. The second-order valence-electron chi connectivity index (χ2n) is 4.54. The number of H-pyrrole nitrogens is 1. The van der Waals surface area contributed by atoms with Crippen molar-refractivity contribution in [1.29, 1.82) is 0 Å². The molecule has 21 heavy (non-hydrogen) atoms. The lowest BCUT2D eigenvalue weighted by atomic mass is 10.1. The van der Waals surface area contributed by atoms with Crippen LogP contribution in [0, 0.1) is 0 Å². The van der Waals surface area contributed by atoms with E-state index in [0.717, 1.165) is 0 Å². The van der Waals surface area contributed by atoms with Crippen molar-refractivity contribution < 1.29 is 14.7 Å². The number of aromatic amines is 1. The van der Waals surface area contributed by atoms with Crippen LogP contribution < -0.4 is 5.32 Å². The molecule has 3 N–H and O–H groups in total. The van der Waals surface area contributed by atoms with Crippen molar-refractivity contribution >= 4 is 28.3 Å². The van der Waals surface area contributed by atoms with E-state index in [1.54, 1.807) is 48.5 Å². The van der Waals surface area contributed by atoms with Gasteiger partial charge in [0.2, 0.25) is 5.88 Å². The van der Waals surface area contributed by atoms with Gasteiger partial charge in [-0.1, -0.05) is 36.4 Å². The number of aromatic nitrogens is 1. The zero-order valence-corrected chi connectivity index (χ0v) is 11.0. The Labute approximate surface area is 120 Å². The largest absolute Gasteiger partial charge is 0.494 e. The lowest BCUT2D eigenvalue weighted by Gasteiger charge is -2.03. The third-order valence-electron chi connectivity index (χ3n) is 3.15. The van der Waals surface area contributed by atoms with E-state index in [0.29, 0.717) is 16.6 Å². The summed E-state index contributed by atoms with van der Waals surface area (Å²) in [5, 5.41) is 12.9. The summed E-state index contributed by atoms with van der Waals surface area (Å²) in [5.74, 6) is -1.88. The van der Waals surface area contributed by atoms with Crippen molar-refractivity contribution in [2.75, 3.05) is 5.32 Å². The number of hydrogen-bond donors (Lipinski definition) is 3. The molecule has 1 aromatic heterocycles. The molecule has 0 radical (unpaired) electrons. The Bertz CT molecular complexity index is 822. The number of fused-ring (bicyclic) bond motifs is 1. The fourth-order valence-electron chi connectivity index (χ4n) is 2.18. The number of hydrogen-bond acceptors (Lipinski definition) is 3. The summed E-state index contributed by atoms with van der Waals surface area (Å²) >= 11 is 0. The minimum absolute atomic E-state index is 0.0148. The van der Waals surface area contributed by atoms with Gasteiger partial charge in [-0.25, -0.2) is 0 Å². The molecule has 0 aliphatic rings. The van der Waals surface area contributed by atoms with Gasteiger partial charge in [0, 0.05) is 16.6 Å². The van der Waals surface area contributed by atoms with Gasteiger partial charge in [0.15, 0.2) is 0 Å². The van der Waals surface area contributed by atoms with Gasteiger partial charge in [-0.2, -0.15) is 0 Å². The zero-order chi connectivity index (χ0) is 14.8. The number of para-hydroxylation sites is 2. The predicted molar refractivity (Wildman–Crippen MR) is 79.4 cm³/mol. The topological polar surface area (TPSA) is 82.2 Å². The van der Waals surface area contributed by atoms with Crippen LogP contribution in [0.3, 0.4) is 0 Å². The quantitative estimate of drug-likeness (QED) is 0.509. The molecule has 0 aliphatic carbocycles. The predicted octanol–water partition coefficient (Wildman–Crippen LogP) is 2.69. The Morgan fingerprint density at radius 1 is 0.952 bits per heavy atom. The number of benzene rings is 2. The molecule has 104 valence electrons. The minimum atomic E-state index is -0.791. The van der Waals surface area contributed by atoms with E-state index < -0.39 is 11.7 Å². The molecule has 3 aromatic rings. The highest BCUT2D eigenvalue weighted by Gasteiger charge is 2.24. The van der Waals surface area contributed by atoms with Crippen molar-refractivity contribution in [1.82, 2.24) is 4.98 Å². The van der Waals surface area contributed by atoms with E-state index in [1.165, 1.54) is 0 Å². The van der Waals surface area contributed by atoms with Crippen LogP contribution in [0.1, 0.15) is 10.4 Å². The average Bonchev–Trinajstić information content (AvgIpc) is 2.83. The van der Waals surface area contributed by atoms with E-state index in [2.05, 4.69) is 10.3 Å². The summed E-state index contributed by atoms with van der Waals surface area (Å²) in [4.78, 5) is 27.0. The average molecular weight is 280 g/mol. The first-order valence-corrected chi connectivity index (χ1v) is 6.37. The monoisotopic (exact) mass is 280 g/mol. The molecule has 0 saturated carbocycles. The van der Waals surface area contributed by atoms with Crippen LogP contribution >= 0.6 is 0 Å². The number of nitrogens with one attached hydrogen (secondary N) is 2. The van der Waals surface area contributed by atoms with Gasteiger partial charge in [-0.3, -0.25) is 9.59 Å². The third kappa shape index (κ3) is 2.36. The van der Waals surface area contributed by atoms with Crippen molar-refractivity contribution in [3.63, 3.8) is 0 Å². The Hall–Kier alpha value is -3.08. The van der Waals surface area contributed by atoms with Crippen molar-refractivity contribution in [2.45, 2.75) is 0 Å². The number of carbonyl (C=O) groups is 2. The van der Waals surface area contributed by atoms with E-state index in [-0.39, 0.29) is 11.4 Å². The van der Waals surface area contributed by atoms with Crippen LogP contribution in [-0.2, 0) is 4.79 Å². The number of ketones is 1. The van der Waals surface area contributed by atoms with Gasteiger partial charge >= 0.3 is 0 Å². The molecule has 0 aliphatic heterocycles. The fraction of sp³-hybridized carbons (Fsp3) is 0. The molecule has 0 spiro atoms. The van der Waals surface area contributed by atoms with Crippen LogP contribution in [-0.4, -0.2) is 21.8 Å². The van der Waals surface area contributed by atoms with Crippen LogP contribution in [0.4, 0.5) is 5.69 Å². The second-order valence-corrected chi connectivity index (χ2v) is 4.54. The molecule has 0 unspecified atom stereocenters. The normalized spacial score (nSPS) is 10.5. The van der Waals surface area contributed by atoms with Gasteiger partial charge in [0.25, 0.3) is 11.7 Å². The molecule has 2 aromatic carbocycles. The maximum absolute atomic E-state index is 12.3. The standard InChI is InChI=1S/C16H12N2O3/c19-14(16(21)17-10-6-2-1-3-7-10)13-11-8-4-5-9-12(11)18-15(13)20/h1-9,18,20H,(H,17,21). The number of carbonyl (C=O) groups excluding carboxylic acids is 2. The Morgan fingerprint density at radius 3 is 2.38 bits per heavy atom. The maximum atomic E-state index is 12.3. The third-order valence-corrected chi connectivity index (χ3v) is 3.15. The molecule has 0 bridgehead atoms. The molecule has 0 fully saturated rings. The first kappa shape index (κ1) is 12.9. The maximum Gasteiger partial charge on any atom is 0.297 e. The van der Waals surface area contributed by atoms with Crippen LogP contribution in [0.15, 0.2) is 54.6 Å². The van der Waals surface area contributed by atoms with Gasteiger partial charge in [0.05, 0.1) is 5.56 Å². The summed E-state index contributed by atoms with van der Waals surface area (Å²) in [5.41, 5.74) is 1.11. The van der Waals surface area contributed by atoms with Gasteiger partial charge in [-0.15, -0.1) is 0 Å². The lowest BCUT2D eigenvalue weighted by molar-refractivity contribution is -0.112. The number of rotatable bonds is 3. The van der Waals surface area contributed by atoms with Gasteiger partial charge in [0.1, 0.15) is 0 Å². The summed E-state index contributed by atoms with van der Waals surface area (Å²) in [6, 6.07) is 15.6.